The molecular weight excluding hydrogens is 338 g/mol. The molecule has 0 amide bonds. The molecule has 0 bridgehead atoms. The zero-order chi connectivity index (χ0) is 16.5. The van der Waals surface area contributed by atoms with Crippen LogP contribution in [0, 0.1) is 11.6 Å². The maximum atomic E-state index is 13.7. The first-order valence-electron chi connectivity index (χ1n) is 6.52. The molecule has 1 saturated heterocycles. The highest BCUT2D eigenvalue weighted by atomic mass is 32.2. The molecule has 1 fully saturated rings. The lowest BCUT2D eigenvalue weighted by Crippen LogP contribution is -2.46. The van der Waals surface area contributed by atoms with Gasteiger partial charge in [0.25, 0.3) is 0 Å². The Labute approximate surface area is 128 Å². The summed E-state index contributed by atoms with van der Waals surface area (Å²) in [5.41, 5.74) is 0. The van der Waals surface area contributed by atoms with Crippen molar-refractivity contribution in [3.63, 3.8) is 0 Å². The molecule has 0 aromatic heterocycles. The lowest BCUT2D eigenvalue weighted by molar-refractivity contribution is 0.307. The first-order chi connectivity index (χ1) is 10.1. The molecule has 6 nitrogen and oxygen atoms in total. The van der Waals surface area contributed by atoms with E-state index in [0.717, 1.165) is 22.7 Å². The van der Waals surface area contributed by atoms with Crippen LogP contribution in [-0.4, -0.2) is 46.5 Å². The third-order valence-corrected chi connectivity index (χ3v) is 6.04. The number of rotatable bonds is 4. The minimum atomic E-state index is -4.06. The first-order valence-corrected chi connectivity index (χ1v) is 9.85. The quantitative estimate of drug-likeness (QED) is 0.861. The molecule has 22 heavy (non-hydrogen) atoms. The van der Waals surface area contributed by atoms with Gasteiger partial charge >= 0.3 is 0 Å². The minimum absolute atomic E-state index is 0.0618. The van der Waals surface area contributed by atoms with Gasteiger partial charge in [-0.3, -0.25) is 0 Å². The fourth-order valence-electron chi connectivity index (χ4n) is 2.34. The van der Waals surface area contributed by atoms with Crippen LogP contribution in [0.2, 0.25) is 0 Å². The summed E-state index contributed by atoms with van der Waals surface area (Å²) in [4.78, 5) is -0.580. The highest BCUT2D eigenvalue weighted by Gasteiger charge is 2.32. The second-order valence-corrected chi connectivity index (χ2v) is 8.83. The van der Waals surface area contributed by atoms with Gasteiger partial charge in [-0.1, -0.05) is 0 Å². The van der Waals surface area contributed by atoms with Gasteiger partial charge in [0, 0.05) is 25.2 Å². The van der Waals surface area contributed by atoms with Gasteiger partial charge in [0.1, 0.15) is 16.5 Å². The maximum absolute atomic E-state index is 13.7. The molecule has 10 heteroatoms. The van der Waals surface area contributed by atoms with E-state index in [1.807, 2.05) is 0 Å². The number of sulfonamides is 2. The van der Waals surface area contributed by atoms with E-state index in [1.54, 1.807) is 0 Å². The molecule has 1 N–H and O–H groups in total. The fraction of sp³-hybridized carbons (Fsp3) is 0.500. The molecular formula is C12H16F2N2O4S2. The van der Waals surface area contributed by atoms with Crippen LogP contribution in [-0.2, 0) is 20.0 Å². The second kappa shape index (κ2) is 6.19. The summed E-state index contributed by atoms with van der Waals surface area (Å²) in [7, 11) is -7.42. The van der Waals surface area contributed by atoms with Crippen molar-refractivity contribution in [1.29, 1.82) is 0 Å². The highest BCUT2D eigenvalue weighted by Crippen LogP contribution is 2.23. The number of piperidine rings is 1. The predicted octanol–water partition coefficient (Wildman–Crippen LogP) is 0.667. The summed E-state index contributed by atoms with van der Waals surface area (Å²) < 4.78 is 77.0. The largest absolute Gasteiger partial charge is 0.245 e. The van der Waals surface area contributed by atoms with Gasteiger partial charge in [-0.2, -0.15) is 4.31 Å². The zero-order valence-corrected chi connectivity index (χ0v) is 13.4. The van der Waals surface area contributed by atoms with E-state index in [1.165, 1.54) is 0 Å². The molecule has 0 atom stereocenters. The van der Waals surface area contributed by atoms with Crippen molar-refractivity contribution in [2.24, 2.45) is 0 Å². The number of hydrogen-bond acceptors (Lipinski definition) is 4. The summed E-state index contributed by atoms with van der Waals surface area (Å²) >= 11 is 0. The van der Waals surface area contributed by atoms with E-state index >= 15 is 0 Å². The third-order valence-electron chi connectivity index (χ3n) is 3.35. The van der Waals surface area contributed by atoms with Crippen molar-refractivity contribution in [3.05, 3.63) is 29.8 Å². The summed E-state index contributed by atoms with van der Waals surface area (Å²) in [5, 5.41) is 0. The van der Waals surface area contributed by atoms with E-state index in [4.69, 9.17) is 0 Å². The smallest absolute Gasteiger partial charge is 0.213 e. The Morgan fingerprint density at radius 2 is 1.73 bits per heavy atom. The van der Waals surface area contributed by atoms with Gasteiger partial charge in [-0.15, -0.1) is 0 Å². The molecule has 0 saturated carbocycles. The number of hydrogen-bond donors (Lipinski definition) is 1. The van der Waals surface area contributed by atoms with Crippen LogP contribution < -0.4 is 4.72 Å². The van der Waals surface area contributed by atoms with E-state index in [2.05, 4.69) is 4.72 Å². The van der Waals surface area contributed by atoms with Gasteiger partial charge < -0.3 is 0 Å². The summed E-state index contributed by atoms with van der Waals surface area (Å²) in [6.07, 6.45) is 1.61. The SMILES string of the molecule is CS(=O)(=O)NC1CCN(S(=O)(=O)c2ccc(F)cc2F)CC1. The van der Waals surface area contributed by atoms with Crippen LogP contribution in [0.3, 0.4) is 0 Å². The van der Waals surface area contributed by atoms with Crippen LogP contribution in [0.25, 0.3) is 0 Å². The molecule has 124 valence electrons. The molecule has 1 aromatic rings. The van der Waals surface area contributed by atoms with Crippen molar-refractivity contribution >= 4 is 20.0 Å². The molecule has 2 rings (SSSR count). The monoisotopic (exact) mass is 354 g/mol. The van der Waals surface area contributed by atoms with Gasteiger partial charge in [0.05, 0.1) is 6.26 Å². The fourth-order valence-corrected chi connectivity index (χ4v) is 4.70. The number of nitrogens with zero attached hydrogens (tertiary/aromatic N) is 1. The number of benzene rings is 1. The zero-order valence-electron chi connectivity index (χ0n) is 11.8. The van der Waals surface area contributed by atoms with Gasteiger partial charge in [0.15, 0.2) is 0 Å². The average molecular weight is 354 g/mol. The Hall–Kier alpha value is -1.10. The Kier molecular flexibility index (Phi) is 4.85. The van der Waals surface area contributed by atoms with Crippen molar-refractivity contribution in [1.82, 2.24) is 9.03 Å². The molecule has 1 aromatic carbocycles. The number of halogens is 2. The molecule has 1 aliphatic rings. The Balaban J connectivity index is 2.13. The lowest BCUT2D eigenvalue weighted by atomic mass is 10.1. The number of nitrogens with one attached hydrogen (secondary N) is 1. The summed E-state index contributed by atoms with van der Waals surface area (Å²) in [6, 6.07) is 1.94. The lowest BCUT2D eigenvalue weighted by Gasteiger charge is -2.31. The first kappa shape index (κ1) is 17.3. The van der Waals surface area contributed by atoms with Crippen LogP contribution in [0.1, 0.15) is 12.8 Å². The highest BCUT2D eigenvalue weighted by molar-refractivity contribution is 7.89. The Morgan fingerprint density at radius 3 is 2.23 bits per heavy atom. The van der Waals surface area contributed by atoms with Crippen molar-refractivity contribution < 1.29 is 25.6 Å². The standard InChI is InChI=1S/C12H16F2N2O4S2/c1-21(17,18)15-10-4-6-16(7-5-10)22(19,20)12-3-2-9(13)8-11(12)14/h2-3,8,10,15H,4-7H2,1H3. The van der Waals surface area contributed by atoms with Crippen LogP contribution in [0.4, 0.5) is 8.78 Å². The van der Waals surface area contributed by atoms with E-state index < -0.39 is 36.6 Å². The van der Waals surface area contributed by atoms with Crippen molar-refractivity contribution in [3.8, 4) is 0 Å². The summed E-state index contributed by atoms with van der Waals surface area (Å²) in [5.74, 6) is -2.00. The third kappa shape index (κ3) is 4.00. The average Bonchev–Trinajstić information content (AvgIpc) is 2.36. The van der Waals surface area contributed by atoms with Gasteiger partial charge in [0.2, 0.25) is 20.0 Å². The summed E-state index contributed by atoms with van der Waals surface area (Å²) in [6.45, 7) is 0.124. The second-order valence-electron chi connectivity index (χ2n) is 5.14. The molecule has 0 aliphatic carbocycles. The molecule has 0 spiro atoms. The van der Waals surface area contributed by atoms with Crippen LogP contribution in [0.15, 0.2) is 23.1 Å². The molecule has 0 unspecified atom stereocenters. The molecule has 0 radical (unpaired) electrons. The topological polar surface area (TPSA) is 83.6 Å². The van der Waals surface area contributed by atoms with E-state index in [-0.39, 0.29) is 32.0 Å². The van der Waals surface area contributed by atoms with Gasteiger partial charge in [-0.05, 0) is 25.0 Å². The predicted molar refractivity (Wildman–Crippen MR) is 76.1 cm³/mol. The minimum Gasteiger partial charge on any atom is -0.213 e. The molecule has 1 aliphatic heterocycles. The van der Waals surface area contributed by atoms with Crippen LogP contribution in [0.5, 0.6) is 0 Å². The van der Waals surface area contributed by atoms with Crippen molar-refractivity contribution in [2.75, 3.05) is 19.3 Å². The van der Waals surface area contributed by atoms with E-state index in [9.17, 15) is 25.6 Å². The van der Waals surface area contributed by atoms with E-state index in [0.29, 0.717) is 6.07 Å². The van der Waals surface area contributed by atoms with Crippen LogP contribution >= 0.6 is 0 Å². The maximum Gasteiger partial charge on any atom is 0.245 e. The normalized spacial score (nSPS) is 18.5. The van der Waals surface area contributed by atoms with Gasteiger partial charge in [-0.25, -0.2) is 30.3 Å². The molecule has 1 heterocycles. The Morgan fingerprint density at radius 1 is 1.14 bits per heavy atom. The van der Waals surface area contributed by atoms with Crippen molar-refractivity contribution in [2.45, 2.75) is 23.8 Å². The Bertz CT molecular complexity index is 757.